The van der Waals surface area contributed by atoms with Gasteiger partial charge >= 0.3 is 0 Å². The van der Waals surface area contributed by atoms with Crippen LogP contribution in [0.3, 0.4) is 0 Å². The number of fused-ring (bicyclic) bond motifs is 1. The van der Waals surface area contributed by atoms with Gasteiger partial charge in [0.25, 0.3) is 5.91 Å². The summed E-state index contributed by atoms with van der Waals surface area (Å²) in [5.74, 6) is 0.490. The molecule has 4 N–H and O–H groups in total. The molecule has 6 heteroatoms. The summed E-state index contributed by atoms with van der Waals surface area (Å²) in [6.45, 7) is 1.85. The molecule has 0 saturated heterocycles. The Hall–Kier alpha value is -1.95. The van der Waals surface area contributed by atoms with E-state index in [-0.39, 0.29) is 12.5 Å². The van der Waals surface area contributed by atoms with Gasteiger partial charge in [-0.2, -0.15) is 0 Å². The lowest BCUT2D eigenvalue weighted by Gasteiger charge is -2.21. The Morgan fingerprint density at radius 3 is 3.05 bits per heavy atom. The van der Waals surface area contributed by atoms with E-state index >= 15 is 0 Å². The molecule has 1 aromatic rings. The number of anilines is 3. The van der Waals surface area contributed by atoms with Crippen molar-refractivity contribution in [3.05, 3.63) is 12.1 Å². The van der Waals surface area contributed by atoms with E-state index in [2.05, 4.69) is 22.6 Å². The van der Waals surface area contributed by atoms with E-state index in [0.717, 1.165) is 24.8 Å². The average Bonchev–Trinajstić information content (AvgIpc) is 3.24. The third kappa shape index (κ3) is 2.80. The number of carbonyl (C=O) groups is 1. The number of amides is 1. The molecule has 108 valence electrons. The summed E-state index contributed by atoms with van der Waals surface area (Å²) < 4.78 is 5.33. The van der Waals surface area contributed by atoms with Gasteiger partial charge < -0.3 is 26.0 Å². The lowest BCUT2D eigenvalue weighted by Crippen LogP contribution is -2.27. The van der Waals surface area contributed by atoms with Crippen LogP contribution in [0.15, 0.2) is 12.1 Å². The summed E-state index contributed by atoms with van der Waals surface area (Å²) in [6.07, 6.45) is 2.61. The molecule has 1 saturated carbocycles. The minimum atomic E-state index is -0.137. The van der Waals surface area contributed by atoms with Crippen LogP contribution >= 0.6 is 0 Å². The van der Waals surface area contributed by atoms with E-state index in [1.54, 1.807) is 6.07 Å². The number of nitrogen functional groups attached to an aromatic ring is 1. The highest BCUT2D eigenvalue weighted by atomic mass is 16.5. The van der Waals surface area contributed by atoms with Crippen LogP contribution in [0.2, 0.25) is 0 Å². The molecule has 1 aromatic carbocycles. The highest BCUT2D eigenvalue weighted by Crippen LogP contribution is 2.35. The molecule has 0 radical (unpaired) electrons. The predicted octanol–water partition coefficient (Wildman–Crippen LogP) is 1.11. The van der Waals surface area contributed by atoms with Gasteiger partial charge in [-0.15, -0.1) is 0 Å². The van der Waals surface area contributed by atoms with E-state index in [1.165, 1.54) is 12.8 Å². The van der Waals surface area contributed by atoms with Crippen LogP contribution < -0.4 is 21.1 Å². The fourth-order valence-electron chi connectivity index (χ4n) is 2.36. The second-order valence-electron chi connectivity index (χ2n) is 5.41. The van der Waals surface area contributed by atoms with E-state index < -0.39 is 0 Å². The standard InChI is InChI=1S/C14H20N4O2/c1-18(9-2-3-9)5-4-16-11-7-12-13(6-10(11)15)20-8-14(19)17-12/h6-7,9,16H,2-5,8,15H2,1H3,(H,17,19). The molecule has 1 fully saturated rings. The van der Waals surface area contributed by atoms with Crippen molar-refractivity contribution >= 4 is 23.0 Å². The van der Waals surface area contributed by atoms with Crippen molar-refractivity contribution in [1.82, 2.24) is 4.90 Å². The number of likely N-dealkylation sites (N-methyl/N-ethyl adjacent to an activating group) is 1. The maximum Gasteiger partial charge on any atom is 0.262 e. The van der Waals surface area contributed by atoms with E-state index in [9.17, 15) is 4.79 Å². The average molecular weight is 276 g/mol. The van der Waals surface area contributed by atoms with Crippen LogP contribution in [0.4, 0.5) is 17.1 Å². The Bertz CT molecular complexity index is 528. The van der Waals surface area contributed by atoms with Gasteiger partial charge in [0.2, 0.25) is 0 Å². The lowest BCUT2D eigenvalue weighted by molar-refractivity contribution is -0.118. The first-order valence-corrected chi connectivity index (χ1v) is 6.94. The van der Waals surface area contributed by atoms with E-state index in [1.807, 2.05) is 6.07 Å². The van der Waals surface area contributed by atoms with Gasteiger partial charge in [0.15, 0.2) is 6.61 Å². The SMILES string of the molecule is CN(CCNc1cc2c(cc1N)OCC(=O)N2)C1CC1. The minimum absolute atomic E-state index is 0.0470. The second-order valence-corrected chi connectivity index (χ2v) is 5.41. The number of hydrogen-bond acceptors (Lipinski definition) is 5. The summed E-state index contributed by atoms with van der Waals surface area (Å²) in [7, 11) is 2.14. The molecule has 1 aliphatic carbocycles. The first kappa shape index (κ1) is 13.1. The number of benzene rings is 1. The topological polar surface area (TPSA) is 79.6 Å². The minimum Gasteiger partial charge on any atom is -0.482 e. The van der Waals surface area contributed by atoms with Gasteiger partial charge in [-0.3, -0.25) is 4.79 Å². The fraction of sp³-hybridized carbons (Fsp3) is 0.500. The Balaban J connectivity index is 1.63. The molecule has 0 aromatic heterocycles. The Labute approximate surface area is 118 Å². The third-order valence-electron chi connectivity index (χ3n) is 3.73. The van der Waals surface area contributed by atoms with Crippen LogP contribution in [-0.4, -0.2) is 43.6 Å². The van der Waals surface area contributed by atoms with Crippen LogP contribution in [0, 0.1) is 0 Å². The molecule has 20 heavy (non-hydrogen) atoms. The number of ether oxygens (including phenoxy) is 1. The molecule has 6 nitrogen and oxygen atoms in total. The lowest BCUT2D eigenvalue weighted by atomic mass is 10.2. The van der Waals surface area contributed by atoms with Gasteiger partial charge in [0, 0.05) is 25.2 Å². The maximum absolute atomic E-state index is 11.3. The molecule has 3 rings (SSSR count). The van der Waals surface area contributed by atoms with Crippen LogP contribution in [-0.2, 0) is 4.79 Å². The first-order valence-electron chi connectivity index (χ1n) is 6.94. The Morgan fingerprint density at radius 2 is 2.30 bits per heavy atom. The van der Waals surface area contributed by atoms with Crippen molar-refractivity contribution in [3.8, 4) is 5.75 Å². The summed E-state index contributed by atoms with van der Waals surface area (Å²) in [5, 5.41) is 6.10. The van der Waals surface area contributed by atoms with Crippen molar-refractivity contribution in [2.45, 2.75) is 18.9 Å². The van der Waals surface area contributed by atoms with Gasteiger partial charge in [-0.05, 0) is 26.0 Å². The number of hydrogen-bond donors (Lipinski definition) is 3. The monoisotopic (exact) mass is 276 g/mol. The van der Waals surface area contributed by atoms with Gasteiger partial charge in [0.1, 0.15) is 5.75 Å². The predicted molar refractivity (Wildman–Crippen MR) is 79.1 cm³/mol. The molecular formula is C14H20N4O2. The van der Waals surface area contributed by atoms with Crippen molar-refractivity contribution in [2.75, 3.05) is 43.1 Å². The maximum atomic E-state index is 11.3. The second kappa shape index (κ2) is 5.20. The van der Waals surface area contributed by atoms with E-state index in [0.29, 0.717) is 17.1 Å². The summed E-state index contributed by atoms with van der Waals surface area (Å²) in [6, 6.07) is 4.34. The Kier molecular flexibility index (Phi) is 3.40. The van der Waals surface area contributed by atoms with Gasteiger partial charge in [0.05, 0.1) is 17.1 Å². The summed E-state index contributed by atoms with van der Waals surface area (Å²) in [5.41, 5.74) is 8.14. The molecule has 1 heterocycles. The molecule has 2 aliphatic rings. The normalized spacial score (nSPS) is 17.4. The molecule has 0 atom stereocenters. The smallest absolute Gasteiger partial charge is 0.262 e. The number of nitrogens with zero attached hydrogens (tertiary/aromatic N) is 1. The quantitative estimate of drug-likeness (QED) is 0.702. The molecule has 0 bridgehead atoms. The number of rotatable bonds is 5. The summed E-state index contributed by atoms with van der Waals surface area (Å²) in [4.78, 5) is 13.7. The zero-order valence-corrected chi connectivity index (χ0v) is 11.6. The molecule has 1 aliphatic heterocycles. The van der Waals surface area contributed by atoms with E-state index in [4.69, 9.17) is 10.5 Å². The van der Waals surface area contributed by atoms with Crippen LogP contribution in [0.5, 0.6) is 5.75 Å². The molecule has 0 unspecified atom stereocenters. The van der Waals surface area contributed by atoms with Crippen molar-refractivity contribution in [1.29, 1.82) is 0 Å². The molecule has 1 amide bonds. The number of carbonyl (C=O) groups excluding carboxylic acids is 1. The third-order valence-corrected chi connectivity index (χ3v) is 3.73. The number of nitrogens with two attached hydrogens (primary N) is 1. The van der Waals surface area contributed by atoms with Crippen molar-refractivity contribution in [2.24, 2.45) is 0 Å². The van der Waals surface area contributed by atoms with Crippen LogP contribution in [0.25, 0.3) is 0 Å². The molecule has 0 spiro atoms. The Morgan fingerprint density at radius 1 is 1.50 bits per heavy atom. The zero-order chi connectivity index (χ0) is 14.1. The van der Waals surface area contributed by atoms with Crippen LogP contribution in [0.1, 0.15) is 12.8 Å². The number of nitrogens with one attached hydrogen (secondary N) is 2. The highest BCUT2D eigenvalue weighted by molar-refractivity contribution is 5.97. The van der Waals surface area contributed by atoms with Crippen molar-refractivity contribution in [3.63, 3.8) is 0 Å². The zero-order valence-electron chi connectivity index (χ0n) is 11.6. The highest BCUT2D eigenvalue weighted by Gasteiger charge is 2.25. The summed E-state index contributed by atoms with van der Waals surface area (Å²) >= 11 is 0. The molecular weight excluding hydrogens is 256 g/mol. The fourth-order valence-corrected chi connectivity index (χ4v) is 2.36. The first-order chi connectivity index (χ1) is 9.63. The van der Waals surface area contributed by atoms with Crippen molar-refractivity contribution < 1.29 is 9.53 Å². The largest absolute Gasteiger partial charge is 0.482 e. The van der Waals surface area contributed by atoms with Gasteiger partial charge in [-0.25, -0.2) is 0 Å². The van der Waals surface area contributed by atoms with Gasteiger partial charge in [-0.1, -0.05) is 0 Å².